The van der Waals surface area contributed by atoms with E-state index in [-0.39, 0.29) is 31.1 Å². The van der Waals surface area contributed by atoms with Crippen LogP contribution in [0, 0.1) is 5.92 Å². The monoisotopic (exact) mass is 274 g/mol. The van der Waals surface area contributed by atoms with Gasteiger partial charge in [-0.25, -0.2) is 0 Å². The van der Waals surface area contributed by atoms with E-state index in [1.807, 2.05) is 27.7 Å². The minimum Gasteiger partial charge on any atom is -0.380 e. The lowest BCUT2D eigenvalue weighted by Crippen LogP contribution is -2.39. The minimum absolute atomic E-state index is 0.0936. The molecule has 0 aliphatic heterocycles. The molecule has 0 aromatic rings. The average molecular weight is 274 g/mol. The lowest BCUT2D eigenvalue weighted by Gasteiger charge is -2.17. The van der Waals surface area contributed by atoms with E-state index in [9.17, 15) is 9.59 Å². The molecule has 0 saturated heterocycles. The van der Waals surface area contributed by atoms with Gasteiger partial charge < -0.3 is 20.1 Å². The van der Waals surface area contributed by atoms with Crippen LogP contribution >= 0.6 is 0 Å². The van der Waals surface area contributed by atoms with Crippen molar-refractivity contribution in [3.63, 3.8) is 0 Å². The predicted octanol–water partition coefficient (Wildman–Crippen LogP) is 0.316. The maximum absolute atomic E-state index is 11.5. The topological polar surface area (TPSA) is 76.7 Å². The molecule has 6 heteroatoms. The summed E-state index contributed by atoms with van der Waals surface area (Å²) in [5.74, 6) is -0.0847. The zero-order valence-corrected chi connectivity index (χ0v) is 12.3. The molecule has 0 bridgehead atoms. The molecule has 0 aliphatic carbocycles. The maximum Gasteiger partial charge on any atom is 0.246 e. The Morgan fingerprint density at radius 2 is 1.68 bits per heavy atom. The second-order valence-electron chi connectivity index (χ2n) is 4.64. The van der Waals surface area contributed by atoms with Crippen molar-refractivity contribution in [3.05, 3.63) is 0 Å². The molecule has 0 rings (SSSR count). The van der Waals surface area contributed by atoms with Crippen LogP contribution in [0.3, 0.4) is 0 Å². The number of amides is 2. The molecule has 0 fully saturated rings. The quantitative estimate of drug-likeness (QED) is 0.562. The normalized spacial score (nSPS) is 12.3. The summed E-state index contributed by atoms with van der Waals surface area (Å²) in [6.45, 7) is 9.22. The Balaban J connectivity index is 3.56. The summed E-state index contributed by atoms with van der Waals surface area (Å²) in [7, 11) is 0. The van der Waals surface area contributed by atoms with Gasteiger partial charge in [-0.1, -0.05) is 13.8 Å². The summed E-state index contributed by atoms with van der Waals surface area (Å²) >= 11 is 0. The van der Waals surface area contributed by atoms with E-state index >= 15 is 0 Å². The van der Waals surface area contributed by atoms with E-state index in [0.717, 1.165) is 0 Å². The van der Waals surface area contributed by atoms with Crippen molar-refractivity contribution in [1.29, 1.82) is 0 Å². The van der Waals surface area contributed by atoms with Crippen LogP contribution in [0.15, 0.2) is 0 Å². The fourth-order valence-corrected chi connectivity index (χ4v) is 1.16. The van der Waals surface area contributed by atoms with Gasteiger partial charge in [0.15, 0.2) is 0 Å². The van der Waals surface area contributed by atoms with Gasteiger partial charge in [0.2, 0.25) is 11.8 Å². The van der Waals surface area contributed by atoms with E-state index in [2.05, 4.69) is 10.6 Å². The molecule has 0 spiro atoms. The zero-order chi connectivity index (χ0) is 14.7. The second-order valence-corrected chi connectivity index (χ2v) is 4.64. The Hall–Kier alpha value is -1.14. The first-order valence-corrected chi connectivity index (χ1v) is 6.68. The largest absolute Gasteiger partial charge is 0.380 e. The second kappa shape index (κ2) is 10.8. The van der Waals surface area contributed by atoms with E-state index in [1.54, 1.807) is 0 Å². The van der Waals surface area contributed by atoms with Crippen molar-refractivity contribution >= 4 is 11.8 Å². The van der Waals surface area contributed by atoms with Gasteiger partial charge in [-0.05, 0) is 19.8 Å². The molecule has 6 nitrogen and oxygen atoms in total. The summed E-state index contributed by atoms with van der Waals surface area (Å²) in [5, 5.41) is 5.43. The van der Waals surface area contributed by atoms with Crippen LogP contribution in [0.1, 0.15) is 27.7 Å². The lowest BCUT2D eigenvalue weighted by molar-refractivity contribution is -0.131. The van der Waals surface area contributed by atoms with Crippen molar-refractivity contribution < 1.29 is 19.1 Å². The standard InChI is InChI=1S/C13H26N2O4/c1-5-18-7-6-14-12(16)8-19-9-13(17)15-11(4)10(2)3/h10-11H,5-9H2,1-4H3,(H,14,16)(H,15,17). The molecule has 19 heavy (non-hydrogen) atoms. The molecule has 1 unspecified atom stereocenters. The molecule has 0 saturated carbocycles. The van der Waals surface area contributed by atoms with Gasteiger partial charge in [-0.2, -0.15) is 0 Å². The fraction of sp³-hybridized carbons (Fsp3) is 0.846. The first kappa shape index (κ1) is 17.9. The molecule has 1 atom stereocenters. The summed E-state index contributed by atoms with van der Waals surface area (Å²) < 4.78 is 10.1. The van der Waals surface area contributed by atoms with Gasteiger partial charge in [0.25, 0.3) is 0 Å². The molecule has 0 aromatic heterocycles. The molecule has 0 aromatic carbocycles. The molecule has 112 valence electrons. The van der Waals surface area contributed by atoms with Gasteiger partial charge in [-0.15, -0.1) is 0 Å². The van der Waals surface area contributed by atoms with Crippen LogP contribution in [-0.2, 0) is 19.1 Å². The number of carbonyl (C=O) groups is 2. The van der Waals surface area contributed by atoms with Gasteiger partial charge >= 0.3 is 0 Å². The number of nitrogens with one attached hydrogen (secondary N) is 2. The molecule has 0 radical (unpaired) electrons. The van der Waals surface area contributed by atoms with E-state index in [4.69, 9.17) is 9.47 Å². The third kappa shape index (κ3) is 10.5. The van der Waals surface area contributed by atoms with E-state index in [1.165, 1.54) is 0 Å². The predicted molar refractivity (Wildman–Crippen MR) is 72.8 cm³/mol. The van der Waals surface area contributed by atoms with Crippen LogP contribution in [0.25, 0.3) is 0 Å². The first-order valence-electron chi connectivity index (χ1n) is 6.68. The van der Waals surface area contributed by atoms with Crippen molar-refractivity contribution in [2.24, 2.45) is 5.92 Å². The SMILES string of the molecule is CCOCCNC(=O)COCC(=O)NC(C)C(C)C. The molecular formula is C13H26N2O4. The number of hydrogen-bond donors (Lipinski definition) is 2. The van der Waals surface area contributed by atoms with Gasteiger partial charge in [-0.3, -0.25) is 9.59 Å². The maximum atomic E-state index is 11.5. The summed E-state index contributed by atoms with van der Waals surface area (Å²) in [5.41, 5.74) is 0. The summed E-state index contributed by atoms with van der Waals surface area (Å²) in [6.07, 6.45) is 0. The van der Waals surface area contributed by atoms with Gasteiger partial charge in [0.1, 0.15) is 13.2 Å². The van der Waals surface area contributed by atoms with Crippen LogP contribution in [0.4, 0.5) is 0 Å². The van der Waals surface area contributed by atoms with Crippen molar-refractivity contribution in [1.82, 2.24) is 10.6 Å². The number of rotatable bonds is 10. The van der Waals surface area contributed by atoms with E-state index < -0.39 is 0 Å². The Morgan fingerprint density at radius 1 is 1.05 bits per heavy atom. The molecule has 0 aliphatic rings. The van der Waals surface area contributed by atoms with Crippen molar-refractivity contribution in [3.8, 4) is 0 Å². The highest BCUT2D eigenvalue weighted by atomic mass is 16.5. The highest BCUT2D eigenvalue weighted by Gasteiger charge is 2.11. The van der Waals surface area contributed by atoms with Crippen LogP contribution < -0.4 is 10.6 Å². The third-order valence-electron chi connectivity index (χ3n) is 2.63. The van der Waals surface area contributed by atoms with Crippen LogP contribution in [0.2, 0.25) is 0 Å². The summed E-state index contributed by atoms with van der Waals surface area (Å²) in [4.78, 5) is 22.7. The Morgan fingerprint density at radius 3 is 2.26 bits per heavy atom. The highest BCUT2D eigenvalue weighted by Crippen LogP contribution is 1.98. The van der Waals surface area contributed by atoms with E-state index in [0.29, 0.717) is 25.7 Å². The lowest BCUT2D eigenvalue weighted by atomic mass is 10.1. The first-order chi connectivity index (χ1) is 8.97. The zero-order valence-electron chi connectivity index (χ0n) is 12.3. The molecule has 0 heterocycles. The number of hydrogen-bond acceptors (Lipinski definition) is 4. The molecule has 2 N–H and O–H groups in total. The van der Waals surface area contributed by atoms with Crippen LogP contribution in [0.5, 0.6) is 0 Å². The minimum atomic E-state index is -0.246. The van der Waals surface area contributed by atoms with Crippen molar-refractivity contribution in [2.45, 2.75) is 33.7 Å². The fourth-order valence-electron chi connectivity index (χ4n) is 1.16. The Bertz CT molecular complexity index is 269. The highest BCUT2D eigenvalue weighted by molar-refractivity contribution is 5.79. The number of ether oxygens (including phenoxy) is 2. The molecular weight excluding hydrogens is 248 g/mol. The van der Waals surface area contributed by atoms with Crippen molar-refractivity contribution in [2.75, 3.05) is 33.0 Å². The third-order valence-corrected chi connectivity index (χ3v) is 2.63. The Kier molecular flexibility index (Phi) is 10.1. The molecule has 2 amide bonds. The smallest absolute Gasteiger partial charge is 0.246 e. The summed E-state index contributed by atoms with van der Waals surface area (Å²) in [6, 6.07) is 0.0936. The average Bonchev–Trinajstić information content (AvgIpc) is 2.34. The van der Waals surface area contributed by atoms with Gasteiger partial charge in [0.05, 0.1) is 6.61 Å². The number of carbonyl (C=O) groups excluding carboxylic acids is 2. The van der Waals surface area contributed by atoms with Gasteiger partial charge in [0, 0.05) is 19.2 Å². The van der Waals surface area contributed by atoms with Crippen LogP contribution in [-0.4, -0.2) is 50.8 Å². The Labute approximate surface area is 115 Å².